The van der Waals surface area contributed by atoms with E-state index >= 15 is 0 Å². The Hall–Kier alpha value is -1.59. The quantitative estimate of drug-likeness (QED) is 0.798. The lowest BCUT2D eigenvalue weighted by Crippen LogP contribution is -2.49. The number of methoxy groups -OCH3 is 1. The first-order valence-corrected chi connectivity index (χ1v) is 9.01. The molecule has 0 N–H and O–H groups in total. The molecule has 24 heavy (non-hydrogen) atoms. The van der Waals surface area contributed by atoms with E-state index in [2.05, 4.69) is 17.0 Å². The number of morpholine rings is 1. The van der Waals surface area contributed by atoms with Crippen molar-refractivity contribution in [2.45, 2.75) is 31.7 Å². The Balaban J connectivity index is 1.49. The van der Waals surface area contributed by atoms with Crippen LogP contribution in [0.5, 0.6) is 5.75 Å². The van der Waals surface area contributed by atoms with Gasteiger partial charge in [-0.15, -0.1) is 0 Å². The number of carbonyl (C=O) groups is 1. The minimum Gasteiger partial charge on any atom is -0.497 e. The molecule has 0 radical (unpaired) electrons. The number of aryl methyl sites for hydroxylation is 1. The first-order chi connectivity index (χ1) is 11.8. The summed E-state index contributed by atoms with van der Waals surface area (Å²) >= 11 is 0. The number of carbonyl (C=O) groups excluding carboxylic acids is 1. The van der Waals surface area contributed by atoms with Crippen LogP contribution in [0.4, 0.5) is 0 Å². The molecule has 2 fully saturated rings. The number of ether oxygens (including phenoxy) is 2. The molecule has 0 bridgehead atoms. The standard InChI is InChI=1S/C19H28N2O3/c1-23-17-7-2-5-16(15-17)6-3-9-20-10-4-8-18(20)19(22)21-11-13-24-14-12-21/h2,5,7,15,18H,3-4,6,8-14H2,1H3/t18-/m0/s1. The van der Waals surface area contributed by atoms with E-state index in [1.807, 2.05) is 17.0 Å². The maximum atomic E-state index is 12.7. The molecule has 0 saturated carbocycles. The van der Waals surface area contributed by atoms with Crippen LogP contribution in [0, 0.1) is 0 Å². The molecule has 5 heteroatoms. The van der Waals surface area contributed by atoms with E-state index in [1.165, 1.54) is 5.56 Å². The van der Waals surface area contributed by atoms with Crippen LogP contribution >= 0.6 is 0 Å². The molecule has 3 rings (SSSR count). The smallest absolute Gasteiger partial charge is 0.240 e. The highest BCUT2D eigenvalue weighted by atomic mass is 16.5. The second kappa shape index (κ2) is 8.49. The van der Waals surface area contributed by atoms with Gasteiger partial charge in [-0.25, -0.2) is 0 Å². The number of hydrogen-bond donors (Lipinski definition) is 0. The zero-order valence-electron chi connectivity index (χ0n) is 14.6. The lowest BCUT2D eigenvalue weighted by atomic mass is 10.1. The van der Waals surface area contributed by atoms with Crippen molar-refractivity contribution in [3.63, 3.8) is 0 Å². The van der Waals surface area contributed by atoms with Crippen molar-refractivity contribution >= 4 is 5.91 Å². The molecule has 5 nitrogen and oxygen atoms in total. The predicted molar refractivity (Wildman–Crippen MR) is 93.3 cm³/mol. The molecule has 0 aliphatic carbocycles. The van der Waals surface area contributed by atoms with Crippen molar-refractivity contribution in [1.29, 1.82) is 0 Å². The van der Waals surface area contributed by atoms with Gasteiger partial charge in [0.1, 0.15) is 5.75 Å². The third-order valence-electron chi connectivity index (χ3n) is 5.02. The van der Waals surface area contributed by atoms with Crippen LogP contribution in [0.2, 0.25) is 0 Å². The number of nitrogens with zero attached hydrogens (tertiary/aromatic N) is 2. The van der Waals surface area contributed by atoms with Gasteiger partial charge in [0.15, 0.2) is 0 Å². The average Bonchev–Trinajstić information content (AvgIpc) is 3.10. The van der Waals surface area contributed by atoms with E-state index in [9.17, 15) is 4.79 Å². The normalized spacial score (nSPS) is 21.9. The third-order valence-corrected chi connectivity index (χ3v) is 5.02. The van der Waals surface area contributed by atoms with Crippen molar-refractivity contribution in [3.8, 4) is 5.75 Å². The van der Waals surface area contributed by atoms with Crippen LogP contribution in [-0.4, -0.2) is 68.3 Å². The number of amides is 1. The fourth-order valence-electron chi connectivity index (χ4n) is 3.68. The molecule has 1 aromatic carbocycles. The van der Waals surface area contributed by atoms with Crippen LogP contribution in [0.15, 0.2) is 24.3 Å². The van der Waals surface area contributed by atoms with Gasteiger partial charge in [0, 0.05) is 13.1 Å². The van der Waals surface area contributed by atoms with Crippen molar-refractivity contribution in [1.82, 2.24) is 9.80 Å². The molecule has 2 saturated heterocycles. The van der Waals surface area contributed by atoms with E-state index in [4.69, 9.17) is 9.47 Å². The molecular formula is C19H28N2O3. The highest BCUT2D eigenvalue weighted by molar-refractivity contribution is 5.82. The molecule has 1 atom stereocenters. The Morgan fingerprint density at radius 3 is 2.92 bits per heavy atom. The summed E-state index contributed by atoms with van der Waals surface area (Å²) in [6, 6.07) is 8.33. The van der Waals surface area contributed by atoms with Gasteiger partial charge >= 0.3 is 0 Å². The van der Waals surface area contributed by atoms with Crippen molar-refractivity contribution in [2.24, 2.45) is 0 Å². The summed E-state index contributed by atoms with van der Waals surface area (Å²) in [5.41, 5.74) is 1.30. The summed E-state index contributed by atoms with van der Waals surface area (Å²) in [4.78, 5) is 17.1. The van der Waals surface area contributed by atoms with E-state index in [1.54, 1.807) is 7.11 Å². The first-order valence-electron chi connectivity index (χ1n) is 9.01. The number of benzene rings is 1. The molecule has 0 spiro atoms. The SMILES string of the molecule is COc1cccc(CCCN2CCC[C@H]2C(=O)N2CCOCC2)c1. The fraction of sp³-hybridized carbons (Fsp3) is 0.632. The van der Waals surface area contributed by atoms with E-state index in [0.717, 1.165) is 57.6 Å². The molecular weight excluding hydrogens is 304 g/mol. The van der Waals surface area contributed by atoms with Crippen LogP contribution in [-0.2, 0) is 16.0 Å². The van der Waals surface area contributed by atoms with Crippen LogP contribution in [0.1, 0.15) is 24.8 Å². The van der Waals surface area contributed by atoms with E-state index in [-0.39, 0.29) is 6.04 Å². The summed E-state index contributed by atoms with van der Waals surface area (Å²) < 4.78 is 10.6. The second-order valence-electron chi connectivity index (χ2n) is 6.59. The van der Waals surface area contributed by atoms with Crippen LogP contribution < -0.4 is 4.74 Å². The lowest BCUT2D eigenvalue weighted by molar-refractivity contribution is -0.140. The van der Waals surface area contributed by atoms with Gasteiger partial charge in [-0.05, 0) is 56.5 Å². The van der Waals surface area contributed by atoms with E-state index < -0.39 is 0 Å². The molecule has 1 amide bonds. The Morgan fingerprint density at radius 1 is 1.29 bits per heavy atom. The number of rotatable bonds is 6. The van der Waals surface area contributed by atoms with Gasteiger partial charge in [0.05, 0.1) is 26.4 Å². The number of likely N-dealkylation sites (tertiary alicyclic amines) is 1. The summed E-state index contributed by atoms with van der Waals surface area (Å²) in [7, 11) is 1.70. The largest absolute Gasteiger partial charge is 0.497 e. The van der Waals surface area contributed by atoms with E-state index in [0.29, 0.717) is 19.1 Å². The summed E-state index contributed by atoms with van der Waals surface area (Å²) in [5.74, 6) is 1.21. The number of hydrogen-bond acceptors (Lipinski definition) is 4. The predicted octanol–water partition coefficient (Wildman–Crippen LogP) is 1.95. The Bertz CT molecular complexity index is 543. The maximum Gasteiger partial charge on any atom is 0.240 e. The van der Waals surface area contributed by atoms with Gasteiger partial charge in [0.25, 0.3) is 0 Å². The summed E-state index contributed by atoms with van der Waals surface area (Å²) in [5, 5.41) is 0. The summed E-state index contributed by atoms with van der Waals surface area (Å²) in [6.45, 7) is 4.86. The molecule has 132 valence electrons. The van der Waals surface area contributed by atoms with Gasteiger partial charge in [-0.3, -0.25) is 9.69 Å². The minimum atomic E-state index is 0.0772. The topological polar surface area (TPSA) is 42.0 Å². The molecule has 2 aliphatic rings. The van der Waals surface area contributed by atoms with Crippen molar-refractivity contribution in [2.75, 3.05) is 46.5 Å². The van der Waals surface area contributed by atoms with Gasteiger partial charge in [-0.2, -0.15) is 0 Å². The summed E-state index contributed by atoms with van der Waals surface area (Å²) in [6.07, 6.45) is 4.21. The van der Waals surface area contributed by atoms with Gasteiger partial charge in [0.2, 0.25) is 5.91 Å². The zero-order chi connectivity index (χ0) is 16.8. The molecule has 1 aromatic rings. The molecule has 0 unspecified atom stereocenters. The molecule has 2 heterocycles. The van der Waals surface area contributed by atoms with Crippen LogP contribution in [0.3, 0.4) is 0 Å². The Labute approximate surface area is 144 Å². The Morgan fingerprint density at radius 2 is 2.12 bits per heavy atom. The lowest BCUT2D eigenvalue weighted by Gasteiger charge is -2.32. The highest BCUT2D eigenvalue weighted by Crippen LogP contribution is 2.21. The second-order valence-corrected chi connectivity index (χ2v) is 6.59. The van der Waals surface area contributed by atoms with Gasteiger partial charge in [-0.1, -0.05) is 12.1 Å². The van der Waals surface area contributed by atoms with Crippen molar-refractivity contribution < 1.29 is 14.3 Å². The van der Waals surface area contributed by atoms with Crippen LogP contribution in [0.25, 0.3) is 0 Å². The fourth-order valence-corrected chi connectivity index (χ4v) is 3.68. The first kappa shape index (κ1) is 17.2. The maximum absolute atomic E-state index is 12.7. The minimum absolute atomic E-state index is 0.0772. The molecule has 0 aromatic heterocycles. The van der Waals surface area contributed by atoms with Gasteiger partial charge < -0.3 is 14.4 Å². The average molecular weight is 332 g/mol. The zero-order valence-corrected chi connectivity index (χ0v) is 14.6. The third kappa shape index (κ3) is 4.28. The molecule has 2 aliphatic heterocycles. The Kier molecular flexibility index (Phi) is 6.10. The monoisotopic (exact) mass is 332 g/mol. The highest BCUT2D eigenvalue weighted by Gasteiger charge is 2.33. The van der Waals surface area contributed by atoms with Crippen molar-refractivity contribution in [3.05, 3.63) is 29.8 Å².